The van der Waals surface area contributed by atoms with Crippen LogP contribution in [0.5, 0.6) is 0 Å². The van der Waals surface area contributed by atoms with E-state index in [9.17, 15) is 13.5 Å². The van der Waals surface area contributed by atoms with Crippen molar-refractivity contribution >= 4 is 10.1 Å². The minimum Gasteiger partial charge on any atom is -0.372 e. The van der Waals surface area contributed by atoms with E-state index in [0.717, 1.165) is 19.3 Å². The van der Waals surface area contributed by atoms with Gasteiger partial charge in [0.05, 0.1) is 0 Å². The minimum absolute atomic E-state index is 0.0989. The first-order chi connectivity index (χ1) is 8.37. The number of hydrogen-bond donors (Lipinski definition) is 2. The van der Waals surface area contributed by atoms with Gasteiger partial charge in [0.1, 0.15) is 0 Å². The van der Waals surface area contributed by atoms with Crippen LogP contribution in [-0.4, -0.2) is 23.0 Å². The number of hydrogen-bond acceptors (Lipinski definition) is 3. The second-order valence-corrected chi connectivity index (χ2v) is 6.75. The van der Waals surface area contributed by atoms with E-state index in [-0.39, 0.29) is 12.8 Å². The van der Waals surface area contributed by atoms with E-state index in [4.69, 9.17) is 4.55 Å². The van der Waals surface area contributed by atoms with Crippen molar-refractivity contribution in [3.63, 3.8) is 0 Å². The van der Waals surface area contributed by atoms with E-state index in [1.165, 1.54) is 19.3 Å². The van der Waals surface area contributed by atoms with Gasteiger partial charge in [0.25, 0.3) is 10.1 Å². The number of aliphatic hydroxyl groups is 1. The van der Waals surface area contributed by atoms with Gasteiger partial charge in [0.2, 0.25) is 0 Å². The Morgan fingerprint density at radius 3 is 1.78 bits per heavy atom. The average molecular weight is 280 g/mol. The van der Waals surface area contributed by atoms with Crippen LogP contribution in [0, 0.1) is 0 Å². The van der Waals surface area contributed by atoms with Gasteiger partial charge in [0.15, 0.2) is 4.93 Å². The van der Waals surface area contributed by atoms with Gasteiger partial charge in [-0.3, -0.25) is 4.55 Å². The van der Waals surface area contributed by atoms with E-state index in [2.05, 4.69) is 6.92 Å². The van der Waals surface area contributed by atoms with Crippen LogP contribution >= 0.6 is 0 Å². The predicted octanol–water partition coefficient (Wildman–Crippen LogP) is 3.50. The second kappa shape index (κ2) is 8.88. The van der Waals surface area contributed by atoms with E-state index >= 15 is 0 Å². The largest absolute Gasteiger partial charge is 0.372 e. The Morgan fingerprint density at radius 1 is 0.833 bits per heavy atom. The van der Waals surface area contributed by atoms with E-state index in [0.29, 0.717) is 12.8 Å². The molecule has 4 nitrogen and oxygen atoms in total. The van der Waals surface area contributed by atoms with Gasteiger partial charge in [-0.25, -0.2) is 0 Å². The summed E-state index contributed by atoms with van der Waals surface area (Å²) in [5, 5.41) is 9.95. The third-order valence-corrected chi connectivity index (χ3v) is 4.66. The third-order valence-electron chi connectivity index (χ3n) is 3.29. The summed E-state index contributed by atoms with van der Waals surface area (Å²) in [5.41, 5.74) is 0. The maximum Gasteiger partial charge on any atom is 0.294 e. The first-order valence-corrected chi connectivity index (χ1v) is 8.51. The van der Waals surface area contributed by atoms with Crippen molar-refractivity contribution in [2.75, 3.05) is 0 Å². The van der Waals surface area contributed by atoms with Crippen molar-refractivity contribution < 1.29 is 18.1 Å². The Balaban J connectivity index is 3.93. The van der Waals surface area contributed by atoms with Crippen molar-refractivity contribution in [3.05, 3.63) is 0 Å². The highest BCUT2D eigenvalue weighted by Crippen LogP contribution is 2.26. The molecular weight excluding hydrogens is 252 g/mol. The summed E-state index contributed by atoms with van der Waals surface area (Å²) in [6, 6.07) is 0. The van der Waals surface area contributed by atoms with Crippen LogP contribution in [0.2, 0.25) is 0 Å². The average Bonchev–Trinajstić information content (AvgIpc) is 2.27. The molecule has 0 aromatic heterocycles. The monoisotopic (exact) mass is 280 g/mol. The van der Waals surface area contributed by atoms with Gasteiger partial charge >= 0.3 is 0 Å². The molecule has 0 aromatic rings. The zero-order chi connectivity index (χ0) is 14.1. The summed E-state index contributed by atoms with van der Waals surface area (Å²) in [4.78, 5) is -1.94. The van der Waals surface area contributed by atoms with E-state index < -0.39 is 15.1 Å². The number of rotatable bonds is 11. The molecule has 0 aliphatic heterocycles. The molecule has 0 heterocycles. The number of unbranched alkanes of at least 4 members (excludes halogenated alkanes) is 6. The van der Waals surface area contributed by atoms with Crippen LogP contribution in [-0.2, 0) is 10.1 Å². The standard InChI is InChI=1S/C13H28O4S/c1-3-5-6-7-8-9-10-12-13(14,11-4-2)18(15,16)17/h14H,3-12H2,1-2H3,(H,15,16,17). The van der Waals surface area contributed by atoms with Crippen LogP contribution in [0.1, 0.15) is 78.1 Å². The highest BCUT2D eigenvalue weighted by atomic mass is 32.2. The lowest BCUT2D eigenvalue weighted by molar-refractivity contribution is 0.0906. The first kappa shape index (κ1) is 17.9. The summed E-state index contributed by atoms with van der Waals surface area (Å²) in [7, 11) is -4.37. The molecule has 0 aromatic carbocycles. The van der Waals surface area contributed by atoms with Crippen LogP contribution in [0.3, 0.4) is 0 Å². The Bertz CT molecular complexity index is 300. The summed E-state index contributed by atoms with van der Waals surface area (Å²) in [5.74, 6) is 0. The molecule has 2 N–H and O–H groups in total. The zero-order valence-corrected chi connectivity index (χ0v) is 12.5. The van der Waals surface area contributed by atoms with Gasteiger partial charge in [-0.05, 0) is 19.3 Å². The molecular formula is C13H28O4S. The van der Waals surface area contributed by atoms with Crippen molar-refractivity contribution in [1.82, 2.24) is 0 Å². The zero-order valence-electron chi connectivity index (χ0n) is 11.7. The lowest BCUT2D eigenvalue weighted by Crippen LogP contribution is -2.38. The third kappa shape index (κ3) is 6.71. The Kier molecular flexibility index (Phi) is 8.82. The molecule has 0 amide bonds. The normalized spacial score (nSPS) is 15.6. The molecule has 0 radical (unpaired) electrons. The SMILES string of the molecule is CCCCCCCCCC(O)(CCC)S(=O)(=O)O. The van der Waals surface area contributed by atoms with Gasteiger partial charge in [-0.1, -0.05) is 58.8 Å². The molecule has 1 unspecified atom stereocenters. The smallest absolute Gasteiger partial charge is 0.294 e. The molecule has 0 aliphatic carbocycles. The van der Waals surface area contributed by atoms with Crippen LogP contribution < -0.4 is 0 Å². The van der Waals surface area contributed by atoms with Gasteiger partial charge in [-0.2, -0.15) is 8.42 Å². The van der Waals surface area contributed by atoms with Gasteiger partial charge < -0.3 is 5.11 Å². The first-order valence-electron chi connectivity index (χ1n) is 7.06. The molecule has 0 bridgehead atoms. The molecule has 110 valence electrons. The van der Waals surface area contributed by atoms with E-state index in [1.807, 2.05) is 0 Å². The summed E-state index contributed by atoms with van der Waals surface area (Å²) >= 11 is 0. The Labute approximate surface area is 112 Å². The fourth-order valence-electron chi connectivity index (χ4n) is 2.13. The molecule has 5 heteroatoms. The Hall–Kier alpha value is -0.130. The van der Waals surface area contributed by atoms with Crippen molar-refractivity contribution in [3.8, 4) is 0 Å². The molecule has 0 saturated carbocycles. The molecule has 0 rings (SSSR count). The quantitative estimate of drug-likeness (QED) is 0.448. The topological polar surface area (TPSA) is 74.6 Å². The van der Waals surface area contributed by atoms with Crippen molar-refractivity contribution in [1.29, 1.82) is 0 Å². The highest BCUT2D eigenvalue weighted by molar-refractivity contribution is 7.87. The predicted molar refractivity (Wildman–Crippen MR) is 74.0 cm³/mol. The molecule has 0 spiro atoms. The molecule has 0 saturated heterocycles. The van der Waals surface area contributed by atoms with Gasteiger partial charge in [0, 0.05) is 0 Å². The van der Waals surface area contributed by atoms with E-state index in [1.54, 1.807) is 6.92 Å². The maximum atomic E-state index is 11.2. The molecule has 0 aliphatic rings. The fraction of sp³-hybridized carbons (Fsp3) is 1.00. The fourth-order valence-corrected chi connectivity index (χ4v) is 3.00. The van der Waals surface area contributed by atoms with Crippen LogP contribution in [0.25, 0.3) is 0 Å². The van der Waals surface area contributed by atoms with Crippen LogP contribution in [0.4, 0.5) is 0 Å². The minimum atomic E-state index is -4.37. The highest BCUT2D eigenvalue weighted by Gasteiger charge is 2.38. The summed E-state index contributed by atoms with van der Waals surface area (Å²) < 4.78 is 31.4. The summed E-state index contributed by atoms with van der Waals surface area (Å²) in [6.07, 6.45) is 8.20. The maximum absolute atomic E-state index is 11.2. The van der Waals surface area contributed by atoms with Crippen molar-refractivity contribution in [2.24, 2.45) is 0 Å². The Morgan fingerprint density at radius 2 is 1.33 bits per heavy atom. The van der Waals surface area contributed by atoms with Crippen LogP contribution in [0.15, 0.2) is 0 Å². The lowest BCUT2D eigenvalue weighted by atomic mass is 10.0. The summed E-state index contributed by atoms with van der Waals surface area (Å²) in [6.45, 7) is 3.96. The lowest BCUT2D eigenvalue weighted by Gasteiger charge is -2.24. The second-order valence-electron chi connectivity index (χ2n) is 5.04. The molecule has 18 heavy (non-hydrogen) atoms. The molecule has 0 fully saturated rings. The molecule has 1 atom stereocenters. The van der Waals surface area contributed by atoms with Crippen molar-refractivity contribution in [2.45, 2.75) is 83.0 Å². The van der Waals surface area contributed by atoms with Gasteiger partial charge in [-0.15, -0.1) is 0 Å².